The molecule has 0 aliphatic carbocycles. The number of guanidine groups is 1. The highest BCUT2D eigenvalue weighted by Gasteiger charge is 2.05. The molecule has 27 heavy (non-hydrogen) atoms. The number of amides is 1. The molecule has 0 saturated carbocycles. The summed E-state index contributed by atoms with van der Waals surface area (Å²) < 4.78 is 0. The summed E-state index contributed by atoms with van der Waals surface area (Å²) in [5, 5.41) is 10.5. The molecule has 0 aliphatic heterocycles. The van der Waals surface area contributed by atoms with Crippen LogP contribution < -0.4 is 16.0 Å². The van der Waals surface area contributed by atoms with Gasteiger partial charge in [-0.3, -0.25) is 9.79 Å². The van der Waals surface area contributed by atoms with E-state index in [0.29, 0.717) is 25.2 Å². The van der Waals surface area contributed by atoms with Gasteiger partial charge in [0, 0.05) is 49.2 Å². The zero-order valence-electron chi connectivity index (χ0n) is 16.0. The lowest BCUT2D eigenvalue weighted by Gasteiger charge is -2.12. The van der Waals surface area contributed by atoms with Gasteiger partial charge in [-0.25, -0.2) is 4.98 Å². The third-order valence-corrected chi connectivity index (χ3v) is 4.56. The minimum atomic E-state index is -0.0587. The number of benzene rings is 1. The number of thiazole rings is 1. The van der Waals surface area contributed by atoms with E-state index < -0.39 is 0 Å². The molecule has 6 nitrogen and oxygen atoms in total. The number of carbonyl (C=O) groups is 1. The molecule has 0 bridgehead atoms. The van der Waals surface area contributed by atoms with Gasteiger partial charge < -0.3 is 16.0 Å². The Kier molecular flexibility index (Phi) is 11.0. The molecule has 1 heterocycles. The van der Waals surface area contributed by atoms with Gasteiger partial charge >= 0.3 is 0 Å². The van der Waals surface area contributed by atoms with Crippen molar-refractivity contribution < 1.29 is 4.79 Å². The summed E-state index contributed by atoms with van der Waals surface area (Å²) in [6, 6.07) is 7.57. The number of halogens is 1. The monoisotopic (exact) mass is 501 g/mol. The van der Waals surface area contributed by atoms with Crippen molar-refractivity contribution in [1.82, 2.24) is 20.9 Å². The van der Waals surface area contributed by atoms with Crippen molar-refractivity contribution in [3.05, 3.63) is 51.5 Å². The van der Waals surface area contributed by atoms with Gasteiger partial charge in [-0.1, -0.05) is 17.7 Å². The van der Waals surface area contributed by atoms with Crippen LogP contribution in [-0.4, -0.2) is 43.0 Å². The summed E-state index contributed by atoms with van der Waals surface area (Å²) in [5.74, 6) is 0.696. The highest BCUT2D eigenvalue weighted by atomic mass is 127. The molecule has 1 aromatic carbocycles. The molecule has 0 spiro atoms. The summed E-state index contributed by atoms with van der Waals surface area (Å²) in [6.45, 7) is 8.67. The van der Waals surface area contributed by atoms with Crippen LogP contribution in [-0.2, 0) is 6.42 Å². The Balaban J connectivity index is 0.00000364. The fourth-order valence-electron chi connectivity index (χ4n) is 2.37. The van der Waals surface area contributed by atoms with Crippen LogP contribution in [0, 0.1) is 13.8 Å². The Bertz CT molecular complexity index is 747. The molecule has 1 amide bonds. The number of aryl methyl sites for hydroxylation is 2. The molecule has 0 fully saturated rings. The van der Waals surface area contributed by atoms with Gasteiger partial charge in [-0.05, 0) is 32.9 Å². The lowest BCUT2D eigenvalue weighted by Crippen LogP contribution is -2.41. The van der Waals surface area contributed by atoms with E-state index in [1.54, 1.807) is 11.3 Å². The SMILES string of the molecule is CCNC(=NCCc1ncc(C)s1)NCCNC(=O)c1cccc(C)c1.I. The van der Waals surface area contributed by atoms with E-state index in [1.165, 1.54) is 4.88 Å². The summed E-state index contributed by atoms with van der Waals surface area (Å²) >= 11 is 1.71. The van der Waals surface area contributed by atoms with Gasteiger partial charge in [0.25, 0.3) is 5.91 Å². The Morgan fingerprint density at radius 1 is 1.19 bits per heavy atom. The topological polar surface area (TPSA) is 78.4 Å². The van der Waals surface area contributed by atoms with E-state index in [-0.39, 0.29) is 29.9 Å². The fraction of sp³-hybridized carbons (Fsp3) is 0.421. The Labute approximate surface area is 182 Å². The summed E-state index contributed by atoms with van der Waals surface area (Å²) in [5.41, 5.74) is 1.76. The molecular formula is C19H28IN5OS. The number of hydrogen-bond acceptors (Lipinski definition) is 4. The van der Waals surface area contributed by atoms with Gasteiger partial charge in [-0.2, -0.15) is 0 Å². The molecule has 0 saturated heterocycles. The van der Waals surface area contributed by atoms with Crippen molar-refractivity contribution in [2.24, 2.45) is 4.99 Å². The third kappa shape index (κ3) is 8.70. The number of aliphatic imine (C=N–C) groups is 1. The second-order valence-corrected chi connectivity index (χ2v) is 7.25. The largest absolute Gasteiger partial charge is 0.357 e. The number of aromatic nitrogens is 1. The number of nitrogens with zero attached hydrogens (tertiary/aromatic N) is 2. The first-order chi connectivity index (χ1) is 12.6. The van der Waals surface area contributed by atoms with Crippen molar-refractivity contribution in [3.8, 4) is 0 Å². The third-order valence-electron chi connectivity index (χ3n) is 3.59. The Morgan fingerprint density at radius 3 is 2.63 bits per heavy atom. The second kappa shape index (κ2) is 12.7. The van der Waals surface area contributed by atoms with Crippen molar-refractivity contribution in [1.29, 1.82) is 0 Å². The number of carbonyl (C=O) groups excluding carboxylic acids is 1. The zero-order valence-corrected chi connectivity index (χ0v) is 19.2. The summed E-state index contributed by atoms with van der Waals surface area (Å²) in [4.78, 5) is 22.2. The maximum atomic E-state index is 12.1. The van der Waals surface area contributed by atoms with Crippen LogP contribution in [0.15, 0.2) is 35.5 Å². The average Bonchev–Trinajstić information content (AvgIpc) is 3.03. The van der Waals surface area contributed by atoms with E-state index in [4.69, 9.17) is 0 Å². The normalized spacial score (nSPS) is 10.9. The zero-order chi connectivity index (χ0) is 18.8. The summed E-state index contributed by atoms with van der Waals surface area (Å²) in [7, 11) is 0. The van der Waals surface area contributed by atoms with Crippen molar-refractivity contribution in [3.63, 3.8) is 0 Å². The number of hydrogen-bond donors (Lipinski definition) is 3. The van der Waals surface area contributed by atoms with Crippen LogP contribution >= 0.6 is 35.3 Å². The maximum absolute atomic E-state index is 12.1. The number of nitrogens with one attached hydrogen (secondary N) is 3. The highest BCUT2D eigenvalue weighted by molar-refractivity contribution is 14.0. The van der Waals surface area contributed by atoms with Gasteiger partial charge in [-0.15, -0.1) is 35.3 Å². The van der Waals surface area contributed by atoms with E-state index >= 15 is 0 Å². The summed E-state index contributed by atoms with van der Waals surface area (Å²) in [6.07, 6.45) is 2.73. The molecular weight excluding hydrogens is 473 g/mol. The molecule has 0 unspecified atom stereocenters. The molecule has 1 aromatic heterocycles. The molecule has 0 radical (unpaired) electrons. The minimum absolute atomic E-state index is 0. The molecule has 8 heteroatoms. The molecule has 0 aliphatic rings. The lowest BCUT2D eigenvalue weighted by molar-refractivity contribution is 0.0954. The van der Waals surface area contributed by atoms with Gasteiger partial charge in [0.05, 0.1) is 5.01 Å². The molecule has 2 rings (SSSR count). The quantitative estimate of drug-likeness (QED) is 0.225. The van der Waals surface area contributed by atoms with Gasteiger partial charge in [0.2, 0.25) is 0 Å². The molecule has 3 N–H and O–H groups in total. The lowest BCUT2D eigenvalue weighted by atomic mass is 10.1. The smallest absolute Gasteiger partial charge is 0.251 e. The first-order valence-electron chi connectivity index (χ1n) is 8.87. The van der Waals surface area contributed by atoms with Crippen LogP contribution in [0.2, 0.25) is 0 Å². The molecule has 2 aromatic rings. The first kappa shape index (κ1) is 23.4. The van der Waals surface area contributed by atoms with Crippen LogP contribution in [0.4, 0.5) is 0 Å². The first-order valence-corrected chi connectivity index (χ1v) is 9.68. The van der Waals surface area contributed by atoms with E-state index in [9.17, 15) is 4.79 Å². The van der Waals surface area contributed by atoms with Crippen LogP contribution in [0.1, 0.15) is 32.7 Å². The van der Waals surface area contributed by atoms with Crippen LogP contribution in [0.3, 0.4) is 0 Å². The van der Waals surface area contributed by atoms with Crippen LogP contribution in [0.5, 0.6) is 0 Å². The van der Waals surface area contributed by atoms with Crippen molar-refractivity contribution >= 4 is 47.2 Å². The van der Waals surface area contributed by atoms with Gasteiger partial charge in [0.15, 0.2) is 5.96 Å². The van der Waals surface area contributed by atoms with Crippen LogP contribution in [0.25, 0.3) is 0 Å². The van der Waals surface area contributed by atoms with Crippen molar-refractivity contribution in [2.45, 2.75) is 27.2 Å². The van der Waals surface area contributed by atoms with Crippen molar-refractivity contribution in [2.75, 3.05) is 26.2 Å². The van der Waals surface area contributed by atoms with E-state index in [2.05, 4.69) is 32.9 Å². The molecule has 0 atom stereocenters. The Morgan fingerprint density at radius 2 is 1.96 bits per heavy atom. The standard InChI is InChI=1S/C19H27N5OS.HI/c1-4-20-19(22-9-8-17-24-13-15(3)26-17)23-11-10-21-18(25)16-7-5-6-14(2)12-16;/h5-7,12-13H,4,8-11H2,1-3H3,(H,21,25)(H2,20,22,23);1H. The van der Waals surface area contributed by atoms with E-state index in [1.807, 2.05) is 44.3 Å². The highest BCUT2D eigenvalue weighted by Crippen LogP contribution is 2.11. The average molecular weight is 501 g/mol. The van der Waals surface area contributed by atoms with Gasteiger partial charge in [0.1, 0.15) is 0 Å². The number of rotatable bonds is 8. The predicted octanol–water partition coefficient (Wildman–Crippen LogP) is 2.91. The van der Waals surface area contributed by atoms with E-state index in [0.717, 1.165) is 29.5 Å². The second-order valence-electron chi connectivity index (χ2n) is 5.93. The predicted molar refractivity (Wildman–Crippen MR) is 123 cm³/mol. The fourth-order valence-corrected chi connectivity index (χ4v) is 3.14. The molecule has 148 valence electrons. The Hall–Kier alpha value is -1.68. The minimum Gasteiger partial charge on any atom is -0.357 e. The maximum Gasteiger partial charge on any atom is 0.251 e.